The lowest BCUT2D eigenvalue weighted by Crippen LogP contribution is -2.30. The highest BCUT2D eigenvalue weighted by Gasteiger charge is 2.28. The Balaban J connectivity index is 4.67. The van der Waals surface area contributed by atoms with Crippen LogP contribution in [0.5, 0.6) is 0 Å². The molecule has 3 atom stereocenters. The molecule has 2 N–H and O–H groups in total. The molecule has 0 saturated heterocycles. The van der Waals surface area contributed by atoms with E-state index >= 15 is 0 Å². The zero-order valence-corrected chi connectivity index (χ0v) is 55.3. The van der Waals surface area contributed by atoms with Gasteiger partial charge in [-0.15, -0.1) is 0 Å². The summed E-state index contributed by atoms with van der Waals surface area (Å²) in [6, 6.07) is 0. The van der Waals surface area contributed by atoms with Crippen molar-refractivity contribution in [3.05, 3.63) is 72.9 Å². The molecule has 0 radical (unpaired) electrons. The number of carbonyl (C=O) groups is 3. The Labute approximate surface area is 516 Å². The van der Waals surface area contributed by atoms with Crippen molar-refractivity contribution in [2.45, 2.75) is 341 Å². The maximum absolute atomic E-state index is 13.0. The molecule has 0 amide bonds. The van der Waals surface area contributed by atoms with Crippen LogP contribution in [0.1, 0.15) is 329 Å². The van der Waals surface area contributed by atoms with Gasteiger partial charge in [0, 0.05) is 19.3 Å². The number of rotatable bonds is 65. The molecule has 0 aliphatic carbocycles. The minimum atomic E-state index is -4.76. The van der Waals surface area contributed by atoms with Crippen LogP contribution in [0.3, 0.4) is 0 Å². The van der Waals surface area contributed by atoms with E-state index in [4.69, 9.17) is 23.3 Å². The number of aliphatic hydroxyl groups excluding tert-OH is 1. The van der Waals surface area contributed by atoms with Gasteiger partial charge in [0.15, 0.2) is 6.10 Å². The van der Waals surface area contributed by atoms with E-state index in [2.05, 4.69) is 93.7 Å². The Kier molecular flexibility index (Phi) is 63.5. The van der Waals surface area contributed by atoms with Crippen molar-refractivity contribution < 1.29 is 52.2 Å². The SMILES string of the molecule is CC/C=C\C/C=C\C/C=C\C/C=C\CCCCCCCCC(=O)OC(COC(=O)CCCCCCCCCCCCCCCCCCCCC)COP(=O)(O)OCC(CO)OC(=O)CCCCCCCCCCC/C=C\C/C=C\CCCCC. The molecule has 0 rings (SSSR count). The number of hydrogen-bond donors (Lipinski definition) is 2. The molecule has 488 valence electrons. The van der Waals surface area contributed by atoms with E-state index < -0.39 is 57.8 Å². The van der Waals surface area contributed by atoms with Gasteiger partial charge >= 0.3 is 25.7 Å². The highest BCUT2D eigenvalue weighted by atomic mass is 31.2. The van der Waals surface area contributed by atoms with Crippen molar-refractivity contribution in [3.63, 3.8) is 0 Å². The second-order valence-corrected chi connectivity index (χ2v) is 24.8. The van der Waals surface area contributed by atoms with Crippen molar-refractivity contribution in [1.82, 2.24) is 0 Å². The Hall–Kier alpha value is -3.08. The van der Waals surface area contributed by atoms with Crippen molar-refractivity contribution in [1.29, 1.82) is 0 Å². The van der Waals surface area contributed by atoms with Crippen LogP contribution in [-0.2, 0) is 42.2 Å². The normalized spacial score (nSPS) is 13.6. The Morgan fingerprint density at radius 1 is 0.345 bits per heavy atom. The average molecular weight is 1200 g/mol. The molecule has 0 aliphatic rings. The van der Waals surface area contributed by atoms with Crippen LogP contribution in [0.2, 0.25) is 0 Å². The van der Waals surface area contributed by atoms with E-state index in [0.717, 1.165) is 116 Å². The molecular formula is C72H129O11P. The van der Waals surface area contributed by atoms with Crippen molar-refractivity contribution in [3.8, 4) is 0 Å². The first-order chi connectivity index (χ1) is 41.2. The van der Waals surface area contributed by atoms with Gasteiger partial charge in [0.25, 0.3) is 0 Å². The molecule has 0 aliphatic heterocycles. The summed E-state index contributed by atoms with van der Waals surface area (Å²) in [6.45, 7) is 4.56. The lowest BCUT2D eigenvalue weighted by Gasteiger charge is -2.21. The first-order valence-electron chi connectivity index (χ1n) is 34.8. The van der Waals surface area contributed by atoms with Crippen LogP contribution in [0.25, 0.3) is 0 Å². The van der Waals surface area contributed by atoms with Crippen molar-refractivity contribution >= 4 is 25.7 Å². The molecule has 3 unspecified atom stereocenters. The highest BCUT2D eigenvalue weighted by Crippen LogP contribution is 2.43. The van der Waals surface area contributed by atoms with Gasteiger partial charge < -0.3 is 24.2 Å². The third-order valence-electron chi connectivity index (χ3n) is 15.1. The number of esters is 3. The fourth-order valence-electron chi connectivity index (χ4n) is 9.85. The van der Waals surface area contributed by atoms with Crippen molar-refractivity contribution in [2.75, 3.05) is 26.4 Å². The predicted molar refractivity (Wildman–Crippen MR) is 353 cm³/mol. The topological polar surface area (TPSA) is 155 Å². The van der Waals surface area contributed by atoms with E-state index in [9.17, 15) is 28.9 Å². The maximum Gasteiger partial charge on any atom is 0.472 e. The number of aliphatic hydroxyl groups is 1. The molecule has 0 spiro atoms. The highest BCUT2D eigenvalue weighted by molar-refractivity contribution is 7.47. The van der Waals surface area contributed by atoms with Crippen LogP contribution >= 0.6 is 7.82 Å². The molecule has 0 fully saturated rings. The quantitative estimate of drug-likeness (QED) is 0.0197. The van der Waals surface area contributed by atoms with Gasteiger partial charge in [-0.3, -0.25) is 23.4 Å². The fourth-order valence-corrected chi connectivity index (χ4v) is 10.6. The number of ether oxygens (including phenoxy) is 3. The van der Waals surface area contributed by atoms with E-state index in [1.54, 1.807) is 0 Å². The van der Waals surface area contributed by atoms with E-state index in [1.165, 1.54) is 154 Å². The Morgan fingerprint density at radius 3 is 0.976 bits per heavy atom. The maximum atomic E-state index is 13.0. The molecule has 0 saturated carbocycles. The zero-order valence-electron chi connectivity index (χ0n) is 54.4. The molecule has 0 bridgehead atoms. The standard InChI is InChI=1S/C72H129O11P/c1-4-7-10-13-16-19-22-25-28-31-34-37-40-43-46-49-52-55-58-61-70(74)79-65-69(83-72(76)63-60-57-54-51-48-45-42-39-36-33-30-27-24-21-18-15-12-9-6-3)67-81-84(77,78)80-66-68(64-73)82-71(75)62-59-56-53-50-47-44-41-38-35-32-29-26-23-20-17-14-11-8-5-2/h9,12,17-18,20-21,26-27,29-30,36,39,68-69,73H,4-8,10-11,13-16,19,22-25,28,31-35,37-38,40-67H2,1-3H3,(H,77,78)/b12-9-,20-17-,21-18-,29-26-,30-27-,39-36-. The van der Waals surface area contributed by atoms with Gasteiger partial charge in [-0.2, -0.15) is 0 Å². The molecule has 0 aromatic rings. The number of unbranched alkanes of at least 4 members (excludes halogenated alkanes) is 36. The summed E-state index contributed by atoms with van der Waals surface area (Å²) in [5, 5.41) is 9.88. The average Bonchev–Trinajstić information content (AvgIpc) is 3.53. The van der Waals surface area contributed by atoms with Crippen LogP contribution in [0, 0.1) is 0 Å². The van der Waals surface area contributed by atoms with Gasteiger partial charge in [0.05, 0.1) is 19.8 Å². The van der Waals surface area contributed by atoms with Crippen molar-refractivity contribution in [2.24, 2.45) is 0 Å². The first kappa shape index (κ1) is 80.9. The molecule has 11 nitrogen and oxygen atoms in total. The molecule has 0 aromatic heterocycles. The Morgan fingerprint density at radius 2 is 0.619 bits per heavy atom. The minimum Gasteiger partial charge on any atom is -0.462 e. The van der Waals surface area contributed by atoms with Crippen LogP contribution in [0.15, 0.2) is 72.9 Å². The van der Waals surface area contributed by atoms with Gasteiger partial charge in [-0.05, 0) is 89.9 Å². The minimum absolute atomic E-state index is 0.152. The summed E-state index contributed by atoms with van der Waals surface area (Å²) in [6.07, 6.45) is 77.0. The summed E-state index contributed by atoms with van der Waals surface area (Å²) >= 11 is 0. The zero-order chi connectivity index (χ0) is 61.2. The molecule has 0 heterocycles. The predicted octanol–water partition coefficient (Wildman–Crippen LogP) is 21.6. The number of carbonyl (C=O) groups excluding carboxylic acids is 3. The lowest BCUT2D eigenvalue weighted by molar-refractivity contribution is -0.161. The summed E-state index contributed by atoms with van der Waals surface area (Å²) < 4.78 is 39.8. The fraction of sp³-hybridized carbons (Fsp3) is 0.792. The van der Waals surface area contributed by atoms with E-state index in [1.807, 2.05) is 0 Å². The van der Waals surface area contributed by atoms with Gasteiger partial charge in [0.2, 0.25) is 0 Å². The van der Waals surface area contributed by atoms with E-state index in [-0.39, 0.29) is 25.9 Å². The molecule has 84 heavy (non-hydrogen) atoms. The third kappa shape index (κ3) is 63.4. The van der Waals surface area contributed by atoms with Gasteiger partial charge in [-0.25, -0.2) is 4.57 Å². The molecular weight excluding hydrogens is 1070 g/mol. The smallest absolute Gasteiger partial charge is 0.462 e. The molecule has 12 heteroatoms. The van der Waals surface area contributed by atoms with Gasteiger partial charge in [0.1, 0.15) is 12.7 Å². The Bertz CT molecular complexity index is 1690. The summed E-state index contributed by atoms with van der Waals surface area (Å²) in [7, 11) is -4.76. The van der Waals surface area contributed by atoms with Crippen LogP contribution in [-0.4, -0.2) is 66.5 Å². The van der Waals surface area contributed by atoms with E-state index in [0.29, 0.717) is 19.3 Å². The van der Waals surface area contributed by atoms with Gasteiger partial charge in [-0.1, -0.05) is 293 Å². The third-order valence-corrected chi connectivity index (χ3v) is 16.1. The van der Waals surface area contributed by atoms with Crippen LogP contribution < -0.4 is 0 Å². The number of phosphoric ester groups is 1. The number of phosphoric acid groups is 1. The second-order valence-electron chi connectivity index (χ2n) is 23.3. The number of allylic oxidation sites excluding steroid dienone is 12. The summed E-state index contributed by atoms with van der Waals surface area (Å²) in [5.74, 6) is -1.46. The summed E-state index contributed by atoms with van der Waals surface area (Å²) in [5.41, 5.74) is 0. The van der Waals surface area contributed by atoms with Crippen LogP contribution in [0.4, 0.5) is 0 Å². The second kappa shape index (κ2) is 65.9. The first-order valence-corrected chi connectivity index (χ1v) is 36.3. The summed E-state index contributed by atoms with van der Waals surface area (Å²) in [4.78, 5) is 48.9. The monoisotopic (exact) mass is 1200 g/mol. The molecule has 0 aromatic carbocycles. The lowest BCUT2D eigenvalue weighted by atomic mass is 10.0. The largest absolute Gasteiger partial charge is 0.472 e. The number of hydrogen-bond acceptors (Lipinski definition) is 10.